The fourth-order valence-electron chi connectivity index (χ4n) is 3.56. The number of piperidine rings is 1. The molecule has 0 spiro atoms. The van der Waals surface area contributed by atoms with Crippen molar-refractivity contribution in [1.82, 2.24) is 10.2 Å². The van der Waals surface area contributed by atoms with Crippen LogP contribution in [0.1, 0.15) is 54.4 Å². The Kier molecular flexibility index (Phi) is 8.09. The molecule has 0 aliphatic carbocycles. The van der Waals surface area contributed by atoms with Gasteiger partial charge < -0.3 is 15.0 Å². The third-order valence-corrected chi connectivity index (χ3v) is 5.20. The second kappa shape index (κ2) is 11.2. The zero-order valence-electron chi connectivity index (χ0n) is 16.9. The molecule has 1 heterocycles. The van der Waals surface area contributed by atoms with Gasteiger partial charge in [0, 0.05) is 12.1 Å². The van der Waals surface area contributed by atoms with E-state index in [-0.39, 0.29) is 5.91 Å². The summed E-state index contributed by atoms with van der Waals surface area (Å²) in [5.41, 5.74) is 1.17. The Hall–Kier alpha value is -2.84. The van der Waals surface area contributed by atoms with Gasteiger partial charge >= 0.3 is 0 Å². The average molecular weight is 392 g/mol. The van der Waals surface area contributed by atoms with Crippen molar-refractivity contribution in [3.63, 3.8) is 0 Å². The van der Waals surface area contributed by atoms with Crippen molar-refractivity contribution in [3.8, 4) is 17.6 Å². The number of rotatable bonds is 9. The Bertz CT molecular complexity index is 821. The third kappa shape index (κ3) is 6.92. The summed E-state index contributed by atoms with van der Waals surface area (Å²) in [6.07, 6.45) is 7.39. The zero-order chi connectivity index (χ0) is 20.3. The van der Waals surface area contributed by atoms with Gasteiger partial charge in [0.1, 0.15) is 11.5 Å². The maximum absolute atomic E-state index is 12.4. The largest absolute Gasteiger partial charge is 0.457 e. The quantitative estimate of drug-likeness (QED) is 0.627. The van der Waals surface area contributed by atoms with Gasteiger partial charge in [0.05, 0.1) is 11.6 Å². The van der Waals surface area contributed by atoms with Crippen molar-refractivity contribution in [1.29, 1.82) is 5.26 Å². The molecule has 0 unspecified atom stereocenters. The number of unbranched alkanes of at least 4 members (excludes halogenated alkanes) is 2. The van der Waals surface area contributed by atoms with E-state index in [0.29, 0.717) is 29.2 Å². The van der Waals surface area contributed by atoms with Crippen molar-refractivity contribution in [2.45, 2.75) is 38.5 Å². The summed E-state index contributed by atoms with van der Waals surface area (Å²) in [4.78, 5) is 15.0. The van der Waals surface area contributed by atoms with Gasteiger partial charge in [-0.3, -0.25) is 4.79 Å². The minimum atomic E-state index is -0.0775. The number of ether oxygens (including phenoxy) is 1. The van der Waals surface area contributed by atoms with Crippen LogP contribution in [0.3, 0.4) is 0 Å². The molecule has 29 heavy (non-hydrogen) atoms. The molecule has 3 rings (SSSR count). The van der Waals surface area contributed by atoms with Crippen LogP contribution in [0.25, 0.3) is 0 Å². The SMILES string of the molecule is N#Cc1ccc(Oc2cccc(C(=O)NCCCCCN3CCCCC3)c2)cc1. The van der Waals surface area contributed by atoms with Crippen LogP contribution in [0.5, 0.6) is 11.5 Å². The van der Waals surface area contributed by atoms with Crippen LogP contribution in [0, 0.1) is 11.3 Å². The topological polar surface area (TPSA) is 65.4 Å². The fraction of sp³-hybridized carbons (Fsp3) is 0.417. The first-order valence-electron chi connectivity index (χ1n) is 10.5. The van der Waals surface area contributed by atoms with E-state index in [0.717, 1.165) is 12.8 Å². The standard InChI is InChI=1S/C24H29N3O2/c25-19-20-10-12-22(13-11-20)29-23-9-7-8-21(18-23)24(28)26-14-3-1-4-15-27-16-5-2-6-17-27/h7-13,18H,1-6,14-17H2,(H,26,28). The molecule has 5 heteroatoms. The minimum absolute atomic E-state index is 0.0775. The molecular formula is C24H29N3O2. The Balaban J connectivity index is 1.38. The molecule has 1 saturated heterocycles. The molecule has 0 atom stereocenters. The van der Waals surface area contributed by atoms with Crippen LogP contribution in [-0.4, -0.2) is 37.0 Å². The predicted molar refractivity (Wildman–Crippen MR) is 114 cm³/mol. The Morgan fingerprint density at radius 3 is 2.55 bits per heavy atom. The van der Waals surface area contributed by atoms with Gasteiger partial charge in [-0.1, -0.05) is 18.9 Å². The first kappa shape index (κ1) is 20.9. The maximum Gasteiger partial charge on any atom is 0.251 e. The molecule has 2 aromatic carbocycles. The third-order valence-electron chi connectivity index (χ3n) is 5.20. The van der Waals surface area contributed by atoms with Crippen LogP contribution in [-0.2, 0) is 0 Å². The second-order valence-corrected chi connectivity index (χ2v) is 7.48. The van der Waals surface area contributed by atoms with E-state index in [4.69, 9.17) is 10.00 Å². The lowest BCUT2D eigenvalue weighted by Gasteiger charge is -2.26. The fourth-order valence-corrected chi connectivity index (χ4v) is 3.56. The molecule has 0 saturated carbocycles. The maximum atomic E-state index is 12.4. The van der Waals surface area contributed by atoms with Crippen LogP contribution >= 0.6 is 0 Å². The molecule has 5 nitrogen and oxygen atoms in total. The summed E-state index contributed by atoms with van der Waals surface area (Å²) in [5, 5.41) is 11.9. The van der Waals surface area contributed by atoms with Gasteiger partial charge in [0.2, 0.25) is 0 Å². The number of carbonyl (C=O) groups is 1. The van der Waals surface area contributed by atoms with Crippen molar-refractivity contribution in [2.24, 2.45) is 0 Å². The molecule has 1 aliphatic rings. The highest BCUT2D eigenvalue weighted by Crippen LogP contribution is 2.22. The van der Waals surface area contributed by atoms with Crippen molar-refractivity contribution in [2.75, 3.05) is 26.2 Å². The normalized spacial score (nSPS) is 14.2. The first-order valence-corrected chi connectivity index (χ1v) is 10.5. The molecular weight excluding hydrogens is 362 g/mol. The lowest BCUT2D eigenvalue weighted by molar-refractivity contribution is 0.0952. The summed E-state index contributed by atoms with van der Waals surface area (Å²) < 4.78 is 5.79. The highest BCUT2D eigenvalue weighted by Gasteiger charge is 2.09. The minimum Gasteiger partial charge on any atom is -0.457 e. The monoisotopic (exact) mass is 391 g/mol. The predicted octanol–water partition coefficient (Wildman–Crippen LogP) is 4.74. The van der Waals surface area contributed by atoms with Crippen molar-refractivity contribution >= 4 is 5.91 Å². The van der Waals surface area contributed by atoms with Gasteiger partial charge in [-0.15, -0.1) is 0 Å². The number of nitrogens with zero attached hydrogens (tertiary/aromatic N) is 2. The number of benzene rings is 2. The van der Waals surface area contributed by atoms with E-state index < -0.39 is 0 Å². The number of amides is 1. The van der Waals surface area contributed by atoms with Gasteiger partial charge in [0.25, 0.3) is 5.91 Å². The molecule has 0 bridgehead atoms. The number of nitriles is 1. The number of hydrogen-bond acceptors (Lipinski definition) is 4. The molecule has 0 aromatic heterocycles. The average Bonchev–Trinajstić information content (AvgIpc) is 2.77. The molecule has 1 fully saturated rings. The van der Waals surface area contributed by atoms with Crippen molar-refractivity contribution in [3.05, 3.63) is 59.7 Å². The number of carbonyl (C=O) groups excluding carboxylic acids is 1. The second-order valence-electron chi connectivity index (χ2n) is 7.48. The van der Waals surface area contributed by atoms with Crippen LogP contribution in [0.4, 0.5) is 0 Å². The lowest BCUT2D eigenvalue weighted by Crippen LogP contribution is -2.30. The summed E-state index contributed by atoms with van der Waals surface area (Å²) in [7, 11) is 0. The van der Waals surface area contributed by atoms with E-state index in [1.165, 1.54) is 45.3 Å². The van der Waals surface area contributed by atoms with E-state index in [9.17, 15) is 4.79 Å². The van der Waals surface area contributed by atoms with Gasteiger partial charge in [-0.2, -0.15) is 5.26 Å². The number of hydrogen-bond donors (Lipinski definition) is 1. The lowest BCUT2D eigenvalue weighted by atomic mass is 10.1. The van der Waals surface area contributed by atoms with Crippen LogP contribution in [0.15, 0.2) is 48.5 Å². The zero-order valence-corrected chi connectivity index (χ0v) is 16.9. The van der Waals surface area contributed by atoms with Gasteiger partial charge in [0.15, 0.2) is 0 Å². The molecule has 1 amide bonds. The van der Waals surface area contributed by atoms with E-state index >= 15 is 0 Å². The van der Waals surface area contributed by atoms with E-state index in [1.54, 1.807) is 36.4 Å². The molecule has 1 aliphatic heterocycles. The first-order chi connectivity index (χ1) is 14.2. The van der Waals surface area contributed by atoms with Gasteiger partial charge in [-0.05, 0) is 87.8 Å². The van der Waals surface area contributed by atoms with Crippen LogP contribution < -0.4 is 10.1 Å². The highest BCUT2D eigenvalue weighted by molar-refractivity contribution is 5.94. The molecule has 1 N–H and O–H groups in total. The van der Waals surface area contributed by atoms with Gasteiger partial charge in [-0.25, -0.2) is 0 Å². The summed E-state index contributed by atoms with van der Waals surface area (Å²) in [6.45, 7) is 4.37. The smallest absolute Gasteiger partial charge is 0.251 e. The number of nitrogens with one attached hydrogen (secondary N) is 1. The molecule has 0 radical (unpaired) electrons. The Labute approximate surface area is 173 Å². The summed E-state index contributed by atoms with van der Waals surface area (Å²) >= 11 is 0. The Morgan fingerprint density at radius 2 is 1.79 bits per heavy atom. The molecule has 152 valence electrons. The van der Waals surface area contributed by atoms with E-state index in [1.807, 2.05) is 12.1 Å². The summed E-state index contributed by atoms with van der Waals surface area (Å²) in [6, 6.07) is 16.1. The number of likely N-dealkylation sites (tertiary alicyclic amines) is 1. The van der Waals surface area contributed by atoms with Crippen molar-refractivity contribution < 1.29 is 9.53 Å². The summed E-state index contributed by atoms with van der Waals surface area (Å²) in [5.74, 6) is 1.16. The van der Waals surface area contributed by atoms with E-state index in [2.05, 4.69) is 16.3 Å². The Morgan fingerprint density at radius 1 is 1.00 bits per heavy atom. The highest BCUT2D eigenvalue weighted by atomic mass is 16.5. The van der Waals surface area contributed by atoms with Crippen LogP contribution in [0.2, 0.25) is 0 Å². The molecule has 2 aromatic rings.